The van der Waals surface area contributed by atoms with Gasteiger partial charge in [0, 0.05) is 11.4 Å². The fourth-order valence-electron chi connectivity index (χ4n) is 2.38. The molecule has 0 fully saturated rings. The van der Waals surface area contributed by atoms with Crippen LogP contribution in [0.25, 0.3) is 0 Å². The average Bonchev–Trinajstić information content (AvgIpc) is 2.65. The molecule has 0 saturated carbocycles. The van der Waals surface area contributed by atoms with Crippen LogP contribution in [0.15, 0.2) is 48.5 Å². The molecule has 0 aliphatic rings. The Morgan fingerprint density at radius 2 is 1.52 bits per heavy atom. The fraction of sp³-hybridized carbons (Fsp3) is 0.250. The molecular weight excluding hydrogens is 346 g/mol. The van der Waals surface area contributed by atoms with Crippen molar-refractivity contribution in [1.82, 2.24) is 0 Å². The van der Waals surface area contributed by atoms with Crippen LogP contribution in [-0.4, -0.2) is 24.5 Å². The van der Waals surface area contributed by atoms with Crippen LogP contribution in [0, 0.1) is 0 Å². The molecule has 0 bridgehead atoms. The van der Waals surface area contributed by atoms with Crippen molar-refractivity contribution in [3.05, 3.63) is 59.7 Å². The minimum Gasteiger partial charge on any atom is -0.452 e. The van der Waals surface area contributed by atoms with Gasteiger partial charge in [-0.1, -0.05) is 25.5 Å². The van der Waals surface area contributed by atoms with Crippen LogP contribution < -0.4 is 16.4 Å². The lowest BCUT2D eigenvalue weighted by atomic mass is 10.1. The monoisotopic (exact) mass is 369 g/mol. The second-order valence-electron chi connectivity index (χ2n) is 5.99. The highest BCUT2D eigenvalue weighted by molar-refractivity contribution is 5.96. The summed E-state index contributed by atoms with van der Waals surface area (Å²) in [6.07, 6.45) is 3.27. The summed E-state index contributed by atoms with van der Waals surface area (Å²) in [4.78, 5) is 34.7. The molecule has 0 unspecified atom stereocenters. The summed E-state index contributed by atoms with van der Waals surface area (Å²) in [7, 11) is 0. The molecule has 0 radical (unpaired) electrons. The van der Waals surface area contributed by atoms with E-state index in [1.54, 1.807) is 0 Å². The average molecular weight is 369 g/mol. The van der Waals surface area contributed by atoms with Crippen molar-refractivity contribution in [3.8, 4) is 0 Å². The number of urea groups is 1. The standard InChI is InChI=1S/C20H23N3O4/c1-2-3-4-14-5-9-16(10-6-14)22-18(24)13-27-19(25)15-7-11-17(12-8-15)23-20(21)26/h5-12H,2-4,13H2,1H3,(H,22,24)(H3,21,23,26). The zero-order valence-corrected chi connectivity index (χ0v) is 15.2. The van der Waals surface area contributed by atoms with Gasteiger partial charge in [0.25, 0.3) is 5.91 Å². The summed E-state index contributed by atoms with van der Waals surface area (Å²) in [6, 6.07) is 12.9. The SMILES string of the molecule is CCCCc1ccc(NC(=O)COC(=O)c2ccc(NC(N)=O)cc2)cc1. The highest BCUT2D eigenvalue weighted by Gasteiger charge is 2.11. The van der Waals surface area contributed by atoms with Gasteiger partial charge in [-0.2, -0.15) is 0 Å². The molecule has 2 rings (SSSR count). The summed E-state index contributed by atoms with van der Waals surface area (Å²) < 4.78 is 5.00. The highest BCUT2D eigenvalue weighted by Crippen LogP contribution is 2.13. The molecular formula is C20H23N3O4. The molecule has 0 heterocycles. The first-order valence-electron chi connectivity index (χ1n) is 8.70. The second kappa shape index (κ2) is 9.96. The molecule has 0 aromatic heterocycles. The maximum Gasteiger partial charge on any atom is 0.338 e. The van der Waals surface area contributed by atoms with Gasteiger partial charge in [0.15, 0.2) is 6.61 Å². The Morgan fingerprint density at radius 3 is 2.11 bits per heavy atom. The van der Waals surface area contributed by atoms with Crippen molar-refractivity contribution in [2.24, 2.45) is 5.73 Å². The first-order chi connectivity index (χ1) is 13.0. The van der Waals surface area contributed by atoms with Crippen molar-refractivity contribution in [2.45, 2.75) is 26.2 Å². The molecule has 2 aromatic carbocycles. The number of carbonyl (C=O) groups excluding carboxylic acids is 3. The van der Waals surface area contributed by atoms with E-state index in [2.05, 4.69) is 17.6 Å². The van der Waals surface area contributed by atoms with Gasteiger partial charge in [0.2, 0.25) is 0 Å². The zero-order chi connectivity index (χ0) is 19.6. The van der Waals surface area contributed by atoms with Crippen LogP contribution in [-0.2, 0) is 16.0 Å². The first-order valence-corrected chi connectivity index (χ1v) is 8.70. The molecule has 2 aromatic rings. The third-order valence-corrected chi connectivity index (χ3v) is 3.78. The minimum atomic E-state index is -0.694. The van der Waals surface area contributed by atoms with Crippen molar-refractivity contribution < 1.29 is 19.1 Å². The first kappa shape index (κ1) is 20.0. The Balaban J connectivity index is 1.80. The van der Waals surface area contributed by atoms with Gasteiger partial charge in [-0.05, 0) is 54.8 Å². The molecule has 3 amide bonds. The number of ether oxygens (including phenoxy) is 1. The minimum absolute atomic E-state index is 0.262. The maximum atomic E-state index is 12.0. The topological polar surface area (TPSA) is 111 Å². The summed E-state index contributed by atoms with van der Waals surface area (Å²) in [5.74, 6) is -1.05. The number of hydrogen-bond donors (Lipinski definition) is 3. The smallest absolute Gasteiger partial charge is 0.338 e. The van der Waals surface area contributed by atoms with Crippen LogP contribution in [0.3, 0.4) is 0 Å². The summed E-state index contributed by atoms with van der Waals surface area (Å²) in [6.45, 7) is 1.75. The van der Waals surface area contributed by atoms with E-state index in [4.69, 9.17) is 10.5 Å². The molecule has 27 heavy (non-hydrogen) atoms. The van der Waals surface area contributed by atoms with Gasteiger partial charge in [-0.15, -0.1) is 0 Å². The molecule has 142 valence electrons. The number of benzene rings is 2. The Labute approximate surface area is 157 Å². The van der Waals surface area contributed by atoms with Crippen LogP contribution in [0.5, 0.6) is 0 Å². The third-order valence-electron chi connectivity index (χ3n) is 3.78. The third kappa shape index (κ3) is 6.81. The van der Waals surface area contributed by atoms with Gasteiger partial charge in [-0.3, -0.25) is 4.79 Å². The van der Waals surface area contributed by atoms with Gasteiger partial charge in [0.05, 0.1) is 5.56 Å². The summed E-state index contributed by atoms with van der Waals surface area (Å²) in [5, 5.41) is 5.07. The van der Waals surface area contributed by atoms with Crippen LogP contribution >= 0.6 is 0 Å². The number of hydrogen-bond acceptors (Lipinski definition) is 4. The maximum absolute atomic E-state index is 12.0. The number of primary amides is 1. The number of nitrogens with one attached hydrogen (secondary N) is 2. The lowest BCUT2D eigenvalue weighted by Gasteiger charge is -2.08. The lowest BCUT2D eigenvalue weighted by molar-refractivity contribution is -0.119. The molecule has 0 aliphatic heterocycles. The number of anilines is 2. The fourth-order valence-corrected chi connectivity index (χ4v) is 2.38. The van der Waals surface area contributed by atoms with Crippen molar-refractivity contribution in [2.75, 3.05) is 17.2 Å². The summed E-state index contributed by atoms with van der Waals surface area (Å²) >= 11 is 0. The van der Waals surface area contributed by atoms with Gasteiger partial charge < -0.3 is 21.1 Å². The Kier molecular flexibility index (Phi) is 7.37. The molecule has 0 saturated heterocycles. The van der Waals surface area contributed by atoms with E-state index in [1.165, 1.54) is 29.8 Å². The van der Waals surface area contributed by atoms with Crippen LogP contribution in [0.1, 0.15) is 35.7 Å². The van der Waals surface area contributed by atoms with Gasteiger partial charge in [-0.25, -0.2) is 9.59 Å². The van der Waals surface area contributed by atoms with E-state index in [1.807, 2.05) is 24.3 Å². The van der Waals surface area contributed by atoms with E-state index in [0.29, 0.717) is 11.4 Å². The number of nitrogens with two attached hydrogens (primary N) is 1. The van der Waals surface area contributed by atoms with Crippen molar-refractivity contribution in [1.29, 1.82) is 0 Å². The molecule has 4 N–H and O–H groups in total. The Hall–Kier alpha value is -3.35. The highest BCUT2D eigenvalue weighted by atomic mass is 16.5. The normalized spacial score (nSPS) is 10.1. The number of carbonyl (C=O) groups is 3. The number of unbranched alkanes of at least 4 members (excludes halogenated alkanes) is 1. The van der Waals surface area contributed by atoms with E-state index < -0.39 is 24.5 Å². The quantitative estimate of drug-likeness (QED) is 0.620. The van der Waals surface area contributed by atoms with Crippen LogP contribution in [0.4, 0.5) is 16.2 Å². The van der Waals surface area contributed by atoms with Crippen LogP contribution in [0.2, 0.25) is 0 Å². The zero-order valence-electron chi connectivity index (χ0n) is 15.2. The van der Waals surface area contributed by atoms with E-state index in [-0.39, 0.29) is 5.56 Å². The van der Waals surface area contributed by atoms with E-state index in [0.717, 1.165) is 19.3 Å². The summed E-state index contributed by atoms with van der Waals surface area (Å²) in [5.41, 5.74) is 7.60. The molecule has 0 spiro atoms. The van der Waals surface area contributed by atoms with E-state index in [9.17, 15) is 14.4 Å². The molecule has 0 atom stereocenters. The number of esters is 1. The molecule has 7 heteroatoms. The largest absolute Gasteiger partial charge is 0.452 e. The number of aryl methyl sites for hydroxylation is 1. The second-order valence-corrected chi connectivity index (χ2v) is 5.99. The number of amides is 3. The Bertz CT molecular complexity index is 786. The Morgan fingerprint density at radius 1 is 0.926 bits per heavy atom. The molecule has 0 aliphatic carbocycles. The van der Waals surface area contributed by atoms with E-state index >= 15 is 0 Å². The predicted octanol–water partition coefficient (Wildman–Crippen LogP) is 3.32. The predicted molar refractivity (Wildman–Crippen MR) is 104 cm³/mol. The van der Waals surface area contributed by atoms with Gasteiger partial charge >= 0.3 is 12.0 Å². The van der Waals surface area contributed by atoms with Gasteiger partial charge in [0.1, 0.15) is 0 Å². The molecule has 7 nitrogen and oxygen atoms in total. The van der Waals surface area contributed by atoms with Crippen molar-refractivity contribution in [3.63, 3.8) is 0 Å². The lowest BCUT2D eigenvalue weighted by Crippen LogP contribution is -2.21. The van der Waals surface area contributed by atoms with Crippen molar-refractivity contribution >= 4 is 29.3 Å². The number of rotatable bonds is 8.